The fourth-order valence-corrected chi connectivity index (χ4v) is 2.42. The lowest BCUT2D eigenvalue weighted by Crippen LogP contribution is -2.52. The molecule has 1 heterocycles. The number of β-amino-alcohol motifs (C(OH)–C–C–N with tert-alkyl or cyclic N) is 1. The Bertz CT molecular complexity index is 335. The number of carbonyl (C=O) groups excluding carboxylic acids is 2. The molecule has 0 aromatic rings. The summed E-state index contributed by atoms with van der Waals surface area (Å²) in [5.41, 5.74) is 0. The highest BCUT2D eigenvalue weighted by atomic mass is 16.3. The molecular weight excluding hydrogens is 248 g/mol. The normalized spacial score (nSPS) is 25.4. The zero-order valence-corrected chi connectivity index (χ0v) is 12.0. The van der Waals surface area contributed by atoms with Gasteiger partial charge in [0.2, 0.25) is 5.91 Å². The molecule has 19 heavy (non-hydrogen) atoms. The number of carbonyl (C=O) groups is 2. The van der Waals surface area contributed by atoms with Crippen LogP contribution in [0.15, 0.2) is 0 Å². The van der Waals surface area contributed by atoms with E-state index in [1.807, 2.05) is 23.9 Å². The van der Waals surface area contributed by atoms with Crippen LogP contribution in [0.4, 0.5) is 4.79 Å². The molecule has 3 N–H and O–H groups in total. The maximum Gasteiger partial charge on any atom is 0.321 e. The van der Waals surface area contributed by atoms with Crippen LogP contribution in [0.3, 0.4) is 0 Å². The zero-order valence-electron chi connectivity index (χ0n) is 12.0. The monoisotopic (exact) mass is 272 g/mol. The highest BCUT2D eigenvalue weighted by Gasteiger charge is 2.36. The Balaban J connectivity index is 2.64. The maximum absolute atomic E-state index is 11.9. The maximum atomic E-state index is 11.9. The molecule has 3 amide bonds. The number of likely N-dealkylation sites (tertiary alicyclic amines) is 1. The molecule has 1 fully saturated rings. The molecule has 0 saturated carbocycles. The van der Waals surface area contributed by atoms with E-state index in [1.54, 1.807) is 6.92 Å². The van der Waals surface area contributed by atoms with Crippen molar-refractivity contribution in [3.8, 4) is 0 Å². The Kier molecular flexibility index (Phi) is 5.71. The number of urea groups is 1. The first-order valence-corrected chi connectivity index (χ1v) is 6.46. The Morgan fingerprint density at radius 1 is 1.47 bits per heavy atom. The smallest absolute Gasteiger partial charge is 0.321 e. The highest BCUT2D eigenvalue weighted by Crippen LogP contribution is 2.21. The summed E-state index contributed by atoms with van der Waals surface area (Å²) >= 11 is 0. The number of hydrogen-bond donors (Lipinski definition) is 3. The summed E-state index contributed by atoms with van der Waals surface area (Å²) in [5.74, 6) is -0.350. The van der Waals surface area contributed by atoms with Crippen molar-refractivity contribution < 1.29 is 14.7 Å². The average Bonchev–Trinajstić information content (AvgIpc) is 2.67. The SMILES string of the molecule is CNC(=O)NC(=O)C(C)N1CC(O)CC1CN(C)C. The Labute approximate surface area is 113 Å². The minimum Gasteiger partial charge on any atom is -0.392 e. The van der Waals surface area contributed by atoms with Gasteiger partial charge in [-0.15, -0.1) is 0 Å². The van der Waals surface area contributed by atoms with E-state index in [0.717, 1.165) is 6.54 Å². The molecule has 0 aromatic heterocycles. The molecule has 1 aliphatic heterocycles. The number of rotatable bonds is 4. The Morgan fingerprint density at radius 3 is 2.63 bits per heavy atom. The summed E-state index contributed by atoms with van der Waals surface area (Å²) < 4.78 is 0. The predicted molar refractivity (Wildman–Crippen MR) is 71.7 cm³/mol. The molecule has 0 spiro atoms. The van der Waals surface area contributed by atoms with Gasteiger partial charge in [-0.2, -0.15) is 0 Å². The third-order valence-corrected chi connectivity index (χ3v) is 3.35. The number of nitrogens with zero attached hydrogens (tertiary/aromatic N) is 2. The number of aliphatic hydroxyl groups excluding tert-OH is 1. The van der Waals surface area contributed by atoms with Gasteiger partial charge >= 0.3 is 6.03 Å². The number of nitrogens with one attached hydrogen (secondary N) is 2. The minimum absolute atomic E-state index is 0.121. The lowest BCUT2D eigenvalue weighted by Gasteiger charge is -2.30. The molecule has 1 saturated heterocycles. The second kappa shape index (κ2) is 6.83. The largest absolute Gasteiger partial charge is 0.392 e. The lowest BCUT2D eigenvalue weighted by atomic mass is 10.1. The molecule has 3 atom stereocenters. The zero-order chi connectivity index (χ0) is 14.6. The van der Waals surface area contributed by atoms with Gasteiger partial charge in [-0.1, -0.05) is 0 Å². The number of likely N-dealkylation sites (N-methyl/N-ethyl adjacent to an activating group) is 1. The summed E-state index contributed by atoms with van der Waals surface area (Å²) in [6.07, 6.45) is 0.232. The van der Waals surface area contributed by atoms with E-state index in [2.05, 4.69) is 10.6 Å². The molecule has 7 heteroatoms. The second-order valence-electron chi connectivity index (χ2n) is 5.25. The molecule has 7 nitrogen and oxygen atoms in total. The van der Waals surface area contributed by atoms with E-state index >= 15 is 0 Å². The molecule has 1 rings (SSSR count). The molecule has 0 aromatic carbocycles. The van der Waals surface area contributed by atoms with Crippen molar-refractivity contribution in [1.82, 2.24) is 20.4 Å². The molecule has 0 aliphatic carbocycles. The van der Waals surface area contributed by atoms with Gasteiger partial charge in [-0.05, 0) is 27.4 Å². The molecule has 1 aliphatic rings. The second-order valence-corrected chi connectivity index (χ2v) is 5.25. The molecule has 0 radical (unpaired) electrons. The molecule has 110 valence electrons. The van der Waals surface area contributed by atoms with Gasteiger partial charge in [0.1, 0.15) is 0 Å². The fraction of sp³-hybridized carbons (Fsp3) is 0.833. The van der Waals surface area contributed by atoms with Crippen LogP contribution in [0.2, 0.25) is 0 Å². The van der Waals surface area contributed by atoms with Crippen LogP contribution in [-0.2, 0) is 4.79 Å². The third kappa shape index (κ3) is 4.45. The number of imide groups is 1. The topological polar surface area (TPSA) is 84.9 Å². The average molecular weight is 272 g/mol. The molecule has 0 bridgehead atoms. The first-order valence-electron chi connectivity index (χ1n) is 6.46. The van der Waals surface area contributed by atoms with Crippen molar-refractivity contribution in [2.45, 2.75) is 31.5 Å². The van der Waals surface area contributed by atoms with Crippen molar-refractivity contribution in [3.63, 3.8) is 0 Å². The number of aliphatic hydroxyl groups is 1. The number of hydrogen-bond acceptors (Lipinski definition) is 5. The van der Waals surface area contributed by atoms with Gasteiger partial charge in [0.05, 0.1) is 12.1 Å². The van der Waals surface area contributed by atoms with E-state index in [4.69, 9.17) is 0 Å². The van der Waals surface area contributed by atoms with Crippen LogP contribution in [-0.4, -0.2) is 79.3 Å². The van der Waals surface area contributed by atoms with Gasteiger partial charge in [0.15, 0.2) is 0 Å². The third-order valence-electron chi connectivity index (χ3n) is 3.35. The molecular formula is C12H24N4O3. The number of amides is 3. The van der Waals surface area contributed by atoms with E-state index in [1.165, 1.54) is 7.05 Å². The summed E-state index contributed by atoms with van der Waals surface area (Å²) in [4.78, 5) is 27.0. The van der Waals surface area contributed by atoms with Gasteiger partial charge in [0.25, 0.3) is 0 Å². The van der Waals surface area contributed by atoms with Crippen molar-refractivity contribution in [1.29, 1.82) is 0 Å². The standard InChI is InChI=1S/C12H24N4O3/c1-8(11(18)14-12(19)13-2)16-7-10(17)5-9(16)6-15(3)4/h8-10,17H,5-7H2,1-4H3,(H2,13,14,18,19). The summed E-state index contributed by atoms with van der Waals surface area (Å²) in [5, 5.41) is 14.4. The van der Waals surface area contributed by atoms with Crippen LogP contribution in [0.25, 0.3) is 0 Å². The Morgan fingerprint density at radius 2 is 2.11 bits per heavy atom. The minimum atomic E-state index is -0.513. The van der Waals surface area contributed by atoms with Gasteiger partial charge < -0.3 is 15.3 Å². The quantitative estimate of drug-likeness (QED) is 0.600. The summed E-state index contributed by atoms with van der Waals surface area (Å²) in [6, 6.07) is -0.837. The van der Waals surface area contributed by atoms with E-state index in [9.17, 15) is 14.7 Å². The van der Waals surface area contributed by atoms with Crippen LogP contribution >= 0.6 is 0 Å². The van der Waals surface area contributed by atoms with Crippen LogP contribution in [0, 0.1) is 0 Å². The van der Waals surface area contributed by atoms with E-state index in [0.29, 0.717) is 13.0 Å². The lowest BCUT2D eigenvalue weighted by molar-refractivity contribution is -0.125. The predicted octanol–water partition coefficient (Wildman–Crippen LogP) is -1.17. The van der Waals surface area contributed by atoms with Crippen LogP contribution in [0.1, 0.15) is 13.3 Å². The molecule has 3 unspecified atom stereocenters. The van der Waals surface area contributed by atoms with Crippen molar-refractivity contribution in [2.24, 2.45) is 0 Å². The van der Waals surface area contributed by atoms with Gasteiger partial charge in [-0.25, -0.2) is 4.79 Å². The van der Waals surface area contributed by atoms with Crippen molar-refractivity contribution in [3.05, 3.63) is 0 Å². The van der Waals surface area contributed by atoms with Gasteiger partial charge in [-0.3, -0.25) is 15.0 Å². The van der Waals surface area contributed by atoms with Crippen molar-refractivity contribution >= 4 is 11.9 Å². The summed E-state index contributed by atoms with van der Waals surface area (Å²) in [7, 11) is 5.37. The van der Waals surface area contributed by atoms with Crippen LogP contribution < -0.4 is 10.6 Å². The first-order chi connectivity index (χ1) is 8.85. The first kappa shape index (κ1) is 15.9. The van der Waals surface area contributed by atoms with Crippen LogP contribution in [0.5, 0.6) is 0 Å². The van der Waals surface area contributed by atoms with Gasteiger partial charge in [0, 0.05) is 26.2 Å². The summed E-state index contributed by atoms with van der Waals surface area (Å²) in [6.45, 7) is 2.98. The Hall–Kier alpha value is -1.18. The van der Waals surface area contributed by atoms with E-state index < -0.39 is 18.2 Å². The fourth-order valence-electron chi connectivity index (χ4n) is 2.42. The van der Waals surface area contributed by atoms with Crippen molar-refractivity contribution in [2.75, 3.05) is 34.2 Å². The van der Waals surface area contributed by atoms with E-state index in [-0.39, 0.29) is 11.9 Å². The highest BCUT2D eigenvalue weighted by molar-refractivity contribution is 5.96.